The molecule has 23 nitrogen and oxygen atoms in total. The van der Waals surface area contributed by atoms with E-state index in [0.717, 1.165) is 9.80 Å². The van der Waals surface area contributed by atoms with E-state index >= 15 is 9.59 Å². The van der Waals surface area contributed by atoms with Crippen molar-refractivity contribution in [1.29, 1.82) is 0 Å². The first-order chi connectivity index (χ1) is 39.6. The highest BCUT2D eigenvalue weighted by molar-refractivity contribution is 5.99. The zero-order chi connectivity index (χ0) is 66.8. The maximum atomic E-state index is 15.2. The van der Waals surface area contributed by atoms with Crippen LogP contribution in [0.2, 0.25) is 0 Å². The third kappa shape index (κ3) is 22.1. The van der Waals surface area contributed by atoms with Crippen molar-refractivity contribution >= 4 is 65.0 Å². The molecule has 0 radical (unpaired) electrons. The quantitative estimate of drug-likeness (QED) is 0.148. The first-order valence-corrected chi connectivity index (χ1v) is 31.3. The van der Waals surface area contributed by atoms with Gasteiger partial charge in [0, 0.05) is 49.3 Å². The van der Waals surface area contributed by atoms with E-state index in [1.165, 1.54) is 87.7 Å². The summed E-state index contributed by atoms with van der Waals surface area (Å²) < 4.78 is 0. The van der Waals surface area contributed by atoms with E-state index in [1.54, 1.807) is 41.5 Å². The van der Waals surface area contributed by atoms with E-state index in [0.29, 0.717) is 12.8 Å². The Bertz CT molecular complexity index is 2310. The van der Waals surface area contributed by atoms with Crippen LogP contribution in [0.3, 0.4) is 0 Å². The molecule has 1 rings (SSSR count). The lowest BCUT2D eigenvalue weighted by Crippen LogP contribution is -2.63. The molecule has 0 aromatic carbocycles. The Hall–Kier alpha value is -5.87. The van der Waals surface area contributed by atoms with E-state index in [4.69, 9.17) is 0 Å². The molecule has 12 atom stereocenters. The lowest BCUT2D eigenvalue weighted by molar-refractivity contribution is -0.157. The fourth-order valence-electron chi connectivity index (χ4n) is 11.0. The van der Waals surface area contributed by atoms with Crippen LogP contribution in [0.25, 0.3) is 0 Å². The second-order valence-corrected chi connectivity index (χ2v) is 27.3. The molecule has 0 aromatic rings. The van der Waals surface area contributed by atoms with Gasteiger partial charge in [0.1, 0.15) is 60.4 Å². The van der Waals surface area contributed by atoms with Crippen molar-refractivity contribution in [3.8, 4) is 0 Å². The van der Waals surface area contributed by atoms with Gasteiger partial charge in [-0.3, -0.25) is 52.7 Å². The summed E-state index contributed by atoms with van der Waals surface area (Å²) in [5, 5.41) is 23.2. The zero-order valence-electron chi connectivity index (χ0n) is 57.2. The number of carbonyl (C=O) groups is 11. The molecule has 86 heavy (non-hydrogen) atoms. The van der Waals surface area contributed by atoms with Crippen LogP contribution in [0, 0.1) is 47.3 Å². The van der Waals surface area contributed by atoms with E-state index in [9.17, 15) is 48.3 Å². The third-order valence-electron chi connectivity index (χ3n) is 16.5. The lowest BCUT2D eigenvalue weighted by Gasteiger charge is -2.41. The number of aliphatic hydroxyl groups excluding tert-OH is 1. The molecule has 1 saturated heterocycles. The van der Waals surface area contributed by atoms with E-state index in [1.807, 2.05) is 69.2 Å². The molecule has 1 heterocycles. The second-order valence-electron chi connectivity index (χ2n) is 27.3. The van der Waals surface area contributed by atoms with Crippen LogP contribution >= 0.6 is 0 Å². The summed E-state index contributed by atoms with van der Waals surface area (Å²) in [5.41, 5.74) is 0. The molecular weight excluding hydrogens is 1100 g/mol. The number of rotatable bonds is 16. The topological polar surface area (TPSA) is 279 Å². The normalized spacial score (nSPS) is 26.7. The summed E-state index contributed by atoms with van der Waals surface area (Å²) in [4.78, 5) is 169. The fourth-order valence-corrected chi connectivity index (χ4v) is 11.0. The minimum absolute atomic E-state index is 0.0316. The summed E-state index contributed by atoms with van der Waals surface area (Å²) >= 11 is 0. The van der Waals surface area contributed by atoms with Crippen LogP contribution in [0.1, 0.15) is 170 Å². The molecule has 0 aromatic heterocycles. The summed E-state index contributed by atoms with van der Waals surface area (Å²) in [6.45, 7) is 31.7. The van der Waals surface area contributed by atoms with Crippen LogP contribution < -0.4 is 21.3 Å². The number of nitrogens with one attached hydrogen (secondary N) is 4. The van der Waals surface area contributed by atoms with Gasteiger partial charge < -0.3 is 60.7 Å². The SMILES string of the molecule is CCC1NC(=O)C(C(O)C(C)CCC(C)C)N(C)C(=O)C(C(C)C)N(C)C(=O)C(CC(C)C)N(C)C(=O)C(CC(C)C)N(C)C(=O)C(C)NC(=O)C(C)NC(=O)C(CC(C)C)N(C)C(=O)C(C(C)C)NC(=O)C(CC(C)C)N(C)C(=O)CN(C)C1=O. The smallest absolute Gasteiger partial charge is 0.246 e. The van der Waals surface area contributed by atoms with Gasteiger partial charge in [0.25, 0.3) is 0 Å². The number of hydrogen-bond donors (Lipinski definition) is 5. The highest BCUT2D eigenvalue weighted by atomic mass is 16.3. The van der Waals surface area contributed by atoms with E-state index in [2.05, 4.69) is 21.3 Å². The number of nitrogens with zero attached hydrogens (tertiary/aromatic N) is 7. The molecule has 1 aliphatic heterocycles. The Morgan fingerprint density at radius 2 is 0.814 bits per heavy atom. The van der Waals surface area contributed by atoms with Gasteiger partial charge in [-0.15, -0.1) is 0 Å². The van der Waals surface area contributed by atoms with Crippen molar-refractivity contribution in [1.82, 2.24) is 55.6 Å². The van der Waals surface area contributed by atoms with Gasteiger partial charge in [-0.05, 0) is 99.7 Å². The molecule has 494 valence electrons. The number of amides is 11. The summed E-state index contributed by atoms with van der Waals surface area (Å²) in [5.74, 6) is -9.30. The minimum Gasteiger partial charge on any atom is -0.390 e. The highest BCUT2D eigenvalue weighted by Gasteiger charge is 2.46. The maximum absolute atomic E-state index is 15.2. The van der Waals surface area contributed by atoms with Gasteiger partial charge in [-0.2, -0.15) is 0 Å². The van der Waals surface area contributed by atoms with Crippen LogP contribution in [0.5, 0.6) is 0 Å². The van der Waals surface area contributed by atoms with E-state index < -0.39 is 156 Å². The van der Waals surface area contributed by atoms with Gasteiger partial charge in [0.05, 0.1) is 12.6 Å². The number of hydrogen-bond acceptors (Lipinski definition) is 12. The average molecular weight is 1220 g/mol. The van der Waals surface area contributed by atoms with Crippen molar-refractivity contribution in [2.75, 3.05) is 55.9 Å². The highest BCUT2D eigenvalue weighted by Crippen LogP contribution is 2.26. The number of likely N-dealkylation sites (N-methyl/N-ethyl adjacent to an activating group) is 7. The Morgan fingerprint density at radius 3 is 1.26 bits per heavy atom. The standard InChI is InChI=1S/C63H115N11O12/c1-26-44-59(82)68(19)33-49(75)69(20)45(29-35(4)5)56(79)67-50(39(12)13)62(85)70(21)46(30-36(6)7)55(78)64-42(17)54(77)65-43(18)58(81)71(22)47(31-37(8)9)60(83)72(23)48(32-38(10)11)61(84)73(24)51(40(14)15)63(86)74(25)52(57(80)66-44)53(76)41(16)28-27-34(2)3/h34-48,50-53,76H,26-33H2,1-25H3,(H,64,78)(H,65,77)(H,66,80)(H,67,79). The predicted molar refractivity (Wildman–Crippen MR) is 333 cm³/mol. The largest absolute Gasteiger partial charge is 0.390 e. The Balaban J connectivity index is 4.33. The van der Waals surface area contributed by atoms with Gasteiger partial charge >= 0.3 is 0 Å². The molecular formula is C63H115N11O12. The van der Waals surface area contributed by atoms with Crippen LogP contribution in [0.15, 0.2) is 0 Å². The average Bonchev–Trinajstić information content (AvgIpc) is 2.57. The monoisotopic (exact) mass is 1220 g/mol. The third-order valence-corrected chi connectivity index (χ3v) is 16.5. The summed E-state index contributed by atoms with van der Waals surface area (Å²) in [6.07, 6.45) is 0.366. The molecule has 5 N–H and O–H groups in total. The first kappa shape index (κ1) is 78.1. The van der Waals surface area contributed by atoms with Gasteiger partial charge in [0.2, 0.25) is 65.0 Å². The lowest BCUT2D eigenvalue weighted by atomic mass is 9.89. The molecule has 0 bridgehead atoms. The molecule has 1 aliphatic rings. The molecule has 11 amide bonds. The van der Waals surface area contributed by atoms with Crippen molar-refractivity contribution in [3.63, 3.8) is 0 Å². The molecule has 0 spiro atoms. The van der Waals surface area contributed by atoms with Crippen LogP contribution in [0.4, 0.5) is 0 Å². The first-order valence-electron chi connectivity index (χ1n) is 31.3. The Morgan fingerprint density at radius 1 is 0.407 bits per heavy atom. The molecule has 0 aliphatic carbocycles. The van der Waals surface area contributed by atoms with Crippen LogP contribution in [-0.2, 0) is 52.7 Å². The van der Waals surface area contributed by atoms with Gasteiger partial charge in [0.15, 0.2) is 0 Å². The Kier molecular flexibility index (Phi) is 32.0. The fraction of sp³-hybridized carbons (Fsp3) is 0.825. The van der Waals surface area contributed by atoms with Crippen molar-refractivity contribution in [3.05, 3.63) is 0 Å². The van der Waals surface area contributed by atoms with E-state index in [-0.39, 0.29) is 61.7 Å². The number of aliphatic hydroxyl groups is 1. The van der Waals surface area contributed by atoms with Gasteiger partial charge in [-0.25, -0.2) is 0 Å². The molecule has 23 heteroatoms. The van der Waals surface area contributed by atoms with Crippen molar-refractivity contribution < 1.29 is 57.8 Å². The van der Waals surface area contributed by atoms with Crippen molar-refractivity contribution in [2.24, 2.45) is 47.3 Å². The van der Waals surface area contributed by atoms with Crippen LogP contribution in [-0.4, -0.2) is 227 Å². The zero-order valence-corrected chi connectivity index (χ0v) is 57.2. The number of carbonyl (C=O) groups excluding carboxylic acids is 11. The Labute approximate surface area is 515 Å². The molecule has 1 fully saturated rings. The molecule has 0 saturated carbocycles. The molecule has 12 unspecified atom stereocenters. The predicted octanol–water partition coefficient (Wildman–Crippen LogP) is 3.74. The minimum atomic E-state index is -1.59. The maximum Gasteiger partial charge on any atom is 0.246 e. The van der Waals surface area contributed by atoms with Gasteiger partial charge in [-0.1, -0.05) is 117 Å². The summed E-state index contributed by atoms with van der Waals surface area (Å²) in [6, 6.07) is -12.3. The summed E-state index contributed by atoms with van der Waals surface area (Å²) in [7, 11) is 9.97. The second kappa shape index (κ2) is 35.2. The van der Waals surface area contributed by atoms with Crippen molar-refractivity contribution in [2.45, 2.75) is 236 Å².